The van der Waals surface area contributed by atoms with Gasteiger partial charge in [-0.1, -0.05) is 50.2 Å². The molecule has 0 radical (unpaired) electrons. The van der Waals surface area contributed by atoms with Crippen molar-refractivity contribution in [2.24, 2.45) is 0 Å². The van der Waals surface area contributed by atoms with Gasteiger partial charge in [-0.05, 0) is 35.1 Å². The van der Waals surface area contributed by atoms with E-state index in [1.807, 2.05) is 50.2 Å². The average molecular weight is 715 g/mol. The molecule has 1 aliphatic carbocycles. The van der Waals surface area contributed by atoms with Crippen molar-refractivity contribution in [3.05, 3.63) is 125 Å². The van der Waals surface area contributed by atoms with Gasteiger partial charge in [-0.2, -0.15) is 0 Å². The minimum atomic E-state index is -0.384. The van der Waals surface area contributed by atoms with Crippen LogP contribution in [0.1, 0.15) is 71.2 Å². The van der Waals surface area contributed by atoms with E-state index in [4.69, 9.17) is 28.4 Å². The fourth-order valence-corrected chi connectivity index (χ4v) is 6.47. The molecule has 0 aliphatic heterocycles. The van der Waals surface area contributed by atoms with Crippen LogP contribution in [0.2, 0.25) is 0 Å². The number of hydrogen-bond donors (Lipinski definition) is 0. The smallest absolute Gasteiger partial charge is 0.270 e. The Labute approximate surface area is 303 Å². The van der Waals surface area contributed by atoms with Gasteiger partial charge in [0.2, 0.25) is 0 Å². The molecule has 5 rings (SSSR count). The van der Waals surface area contributed by atoms with E-state index >= 15 is 0 Å². The SMILES string of the molecule is CCCOc1c2cccc1Cc1cc([N+](=O)[O-])cc(c1OCCOC)Cc1cccc(c1OCCC)Cc1cc([N+](=O)[O-])cc(c1OCCOC)C2. The van der Waals surface area contributed by atoms with E-state index in [1.54, 1.807) is 38.5 Å². The van der Waals surface area contributed by atoms with Gasteiger partial charge in [-0.3, -0.25) is 20.2 Å². The van der Waals surface area contributed by atoms with Crippen molar-refractivity contribution in [1.29, 1.82) is 0 Å². The first-order chi connectivity index (χ1) is 25.3. The molecule has 0 heterocycles. The van der Waals surface area contributed by atoms with Crippen molar-refractivity contribution in [2.45, 2.75) is 52.4 Å². The first-order valence-corrected chi connectivity index (χ1v) is 17.6. The van der Waals surface area contributed by atoms with Crippen LogP contribution in [0.3, 0.4) is 0 Å². The van der Waals surface area contributed by atoms with Crippen LogP contribution in [0.25, 0.3) is 0 Å². The largest absolute Gasteiger partial charge is 0.493 e. The van der Waals surface area contributed by atoms with Crippen LogP contribution in [0.15, 0.2) is 60.7 Å². The summed E-state index contributed by atoms with van der Waals surface area (Å²) >= 11 is 0. The van der Waals surface area contributed by atoms with Gasteiger partial charge in [-0.15, -0.1) is 0 Å². The van der Waals surface area contributed by atoms with Crippen molar-refractivity contribution in [1.82, 2.24) is 0 Å². The molecule has 12 heteroatoms. The quantitative estimate of drug-likeness (QED) is 0.0564. The van der Waals surface area contributed by atoms with E-state index < -0.39 is 0 Å². The van der Waals surface area contributed by atoms with Crippen molar-refractivity contribution in [3.8, 4) is 23.0 Å². The second kappa shape index (κ2) is 18.3. The van der Waals surface area contributed by atoms with E-state index in [9.17, 15) is 20.2 Å². The Hall–Kier alpha value is -5.20. The Morgan fingerprint density at radius 2 is 0.769 bits per heavy atom. The van der Waals surface area contributed by atoms with Gasteiger partial charge in [0.15, 0.2) is 0 Å². The highest BCUT2D eigenvalue weighted by molar-refractivity contribution is 5.60. The number of fused-ring (bicyclic) bond motifs is 8. The number of nitro benzene ring substituents is 2. The molecule has 0 unspecified atom stereocenters. The second-order valence-electron chi connectivity index (χ2n) is 12.6. The summed E-state index contributed by atoms with van der Waals surface area (Å²) in [7, 11) is 3.18. The minimum absolute atomic E-state index is 0.0512. The molecular formula is C40H46N2O10. The molecule has 0 saturated carbocycles. The fraction of sp³-hybridized carbons (Fsp3) is 0.400. The number of non-ortho nitro benzene ring substituents is 2. The summed E-state index contributed by atoms with van der Waals surface area (Å²) in [5.41, 5.74) is 5.57. The Bertz CT molecular complexity index is 1650. The van der Waals surface area contributed by atoms with Gasteiger partial charge in [0, 0.05) is 86.4 Å². The molecule has 0 amide bonds. The molecule has 0 N–H and O–H groups in total. The summed E-state index contributed by atoms with van der Waals surface area (Å²) in [5.74, 6) is 2.32. The van der Waals surface area contributed by atoms with Crippen LogP contribution in [0, 0.1) is 20.2 Å². The number of rotatable bonds is 16. The van der Waals surface area contributed by atoms with E-state index in [1.165, 1.54) is 0 Å². The number of nitro groups is 2. The lowest BCUT2D eigenvalue weighted by Crippen LogP contribution is -2.12. The molecule has 52 heavy (non-hydrogen) atoms. The Kier molecular flexibility index (Phi) is 13.4. The number of hydrogen-bond acceptors (Lipinski definition) is 10. The van der Waals surface area contributed by atoms with Crippen LogP contribution >= 0.6 is 0 Å². The molecule has 4 aromatic carbocycles. The Morgan fingerprint density at radius 3 is 1.04 bits per heavy atom. The Morgan fingerprint density at radius 1 is 0.481 bits per heavy atom. The fourth-order valence-electron chi connectivity index (χ4n) is 6.47. The van der Waals surface area contributed by atoms with Crippen LogP contribution in [0.4, 0.5) is 11.4 Å². The molecular weight excluding hydrogens is 668 g/mol. The summed E-state index contributed by atoms with van der Waals surface area (Å²) in [5, 5.41) is 24.7. The molecule has 0 spiro atoms. The third-order valence-electron chi connectivity index (χ3n) is 8.73. The number of benzene rings is 4. The third-order valence-corrected chi connectivity index (χ3v) is 8.73. The molecule has 4 aromatic rings. The van der Waals surface area contributed by atoms with Gasteiger partial charge in [0.1, 0.15) is 36.2 Å². The van der Waals surface area contributed by atoms with Crippen LogP contribution < -0.4 is 18.9 Å². The van der Waals surface area contributed by atoms with Crippen LogP contribution in [0.5, 0.6) is 23.0 Å². The van der Waals surface area contributed by atoms with Crippen molar-refractivity contribution in [2.75, 3.05) is 53.9 Å². The van der Waals surface area contributed by atoms with Gasteiger partial charge < -0.3 is 28.4 Å². The highest BCUT2D eigenvalue weighted by Crippen LogP contribution is 2.41. The number of ether oxygens (including phenoxy) is 6. The molecule has 8 bridgehead atoms. The maximum atomic E-state index is 12.4. The zero-order valence-corrected chi connectivity index (χ0v) is 30.2. The first kappa shape index (κ1) is 38.0. The van der Waals surface area contributed by atoms with Crippen LogP contribution in [-0.4, -0.2) is 63.7 Å². The highest BCUT2D eigenvalue weighted by atomic mass is 16.6. The second-order valence-corrected chi connectivity index (χ2v) is 12.6. The third kappa shape index (κ3) is 9.17. The lowest BCUT2D eigenvalue weighted by Gasteiger charge is -2.22. The van der Waals surface area contributed by atoms with E-state index in [0.717, 1.165) is 35.1 Å². The molecule has 276 valence electrons. The normalized spacial score (nSPS) is 12.2. The maximum absolute atomic E-state index is 12.4. The molecule has 12 nitrogen and oxygen atoms in total. The molecule has 0 atom stereocenters. The molecule has 0 saturated heterocycles. The maximum Gasteiger partial charge on any atom is 0.270 e. The van der Waals surface area contributed by atoms with Gasteiger partial charge in [-0.25, -0.2) is 0 Å². The lowest BCUT2D eigenvalue weighted by atomic mass is 9.90. The van der Waals surface area contributed by atoms with Crippen LogP contribution in [-0.2, 0) is 35.2 Å². The zero-order chi connectivity index (χ0) is 37.0. The summed E-state index contributed by atoms with van der Waals surface area (Å²) < 4.78 is 36.2. The average Bonchev–Trinajstić information content (AvgIpc) is 3.12. The predicted octanol–water partition coefficient (Wildman–Crippen LogP) is 7.81. The van der Waals surface area contributed by atoms with Gasteiger partial charge in [0.05, 0.1) is 36.3 Å². The van der Waals surface area contributed by atoms with Crippen molar-refractivity contribution < 1.29 is 38.3 Å². The van der Waals surface area contributed by atoms with Crippen molar-refractivity contribution >= 4 is 11.4 Å². The number of nitrogens with zero attached hydrogens (tertiary/aromatic N) is 2. The molecule has 1 aliphatic rings. The first-order valence-electron chi connectivity index (χ1n) is 17.6. The Balaban J connectivity index is 1.83. The topological polar surface area (TPSA) is 142 Å². The molecule has 0 fully saturated rings. The summed E-state index contributed by atoms with van der Waals surface area (Å²) in [6, 6.07) is 17.8. The van der Waals surface area contributed by atoms with Gasteiger partial charge >= 0.3 is 0 Å². The van der Waals surface area contributed by atoms with Gasteiger partial charge in [0.25, 0.3) is 11.4 Å². The van der Waals surface area contributed by atoms with E-state index in [2.05, 4.69) is 0 Å². The van der Waals surface area contributed by atoms with Crippen molar-refractivity contribution in [3.63, 3.8) is 0 Å². The lowest BCUT2D eigenvalue weighted by molar-refractivity contribution is -0.385. The summed E-state index contributed by atoms with van der Waals surface area (Å²) in [4.78, 5) is 24.0. The van der Waals surface area contributed by atoms with E-state index in [-0.39, 0.29) is 60.1 Å². The highest BCUT2D eigenvalue weighted by Gasteiger charge is 2.26. The number of para-hydroxylation sites is 2. The predicted molar refractivity (Wildman–Crippen MR) is 197 cm³/mol. The summed E-state index contributed by atoms with van der Waals surface area (Å²) in [6.45, 7) is 6.01. The minimum Gasteiger partial charge on any atom is -0.493 e. The number of methoxy groups -OCH3 is 2. The monoisotopic (exact) mass is 714 g/mol. The standard InChI is InChI=1S/C40H46N2O10/c1-5-13-49-37-27-9-7-10-28(37)20-32-24-36(42(45)46)26-34(40(32)52-18-16-48-4)22-30-12-8-11-29(38(30)50-14-6-2)21-33-25-35(41(43)44)23-31(19-27)39(33)51-17-15-47-3/h7-12,23-26H,5-6,13-22H2,1-4H3. The zero-order valence-electron chi connectivity index (χ0n) is 30.2. The van der Waals surface area contributed by atoms with E-state index in [0.29, 0.717) is 71.7 Å². The molecule has 0 aromatic heterocycles. The summed E-state index contributed by atoms with van der Waals surface area (Å²) in [6.07, 6.45) is 2.54.